The molecule has 106 valence electrons. The van der Waals surface area contributed by atoms with Crippen LogP contribution in [0, 0.1) is 5.92 Å². The van der Waals surface area contributed by atoms with Gasteiger partial charge in [0, 0.05) is 25.4 Å². The number of carboxylic acid groups (broad SMARTS) is 1. The summed E-state index contributed by atoms with van der Waals surface area (Å²) in [5, 5.41) is 14.1. The van der Waals surface area contributed by atoms with E-state index in [4.69, 9.17) is 5.11 Å². The van der Waals surface area contributed by atoms with E-state index in [1.807, 2.05) is 13.8 Å². The summed E-state index contributed by atoms with van der Waals surface area (Å²) in [4.78, 5) is 29.2. The summed E-state index contributed by atoms with van der Waals surface area (Å²) in [7, 11) is 0. The molecule has 1 aromatic heterocycles. The van der Waals surface area contributed by atoms with Gasteiger partial charge in [0.25, 0.3) is 0 Å². The number of aliphatic carboxylic acids is 1. The molecule has 0 aromatic carbocycles. The number of carboxylic acids is 1. The van der Waals surface area contributed by atoms with E-state index in [0.29, 0.717) is 18.8 Å². The van der Waals surface area contributed by atoms with Gasteiger partial charge in [-0.3, -0.25) is 4.79 Å². The maximum Gasteiger partial charge on any atom is 0.315 e. The van der Waals surface area contributed by atoms with Crippen LogP contribution in [0.4, 0.5) is 4.79 Å². The van der Waals surface area contributed by atoms with Crippen molar-refractivity contribution in [3.05, 3.63) is 18.2 Å². The Morgan fingerprint density at radius 3 is 2.79 bits per heavy atom. The summed E-state index contributed by atoms with van der Waals surface area (Å²) >= 11 is 0. The highest BCUT2D eigenvalue weighted by molar-refractivity contribution is 5.74. The Labute approximate surface area is 111 Å². The van der Waals surface area contributed by atoms with Gasteiger partial charge in [-0.15, -0.1) is 0 Å². The SMILES string of the molecule is CCC(CNC(=O)NC(C)c1ncc[nH]1)CC(=O)O. The number of carbonyl (C=O) groups excluding carboxylic acids is 1. The van der Waals surface area contributed by atoms with Gasteiger partial charge in [0.05, 0.1) is 6.04 Å². The second kappa shape index (κ2) is 7.40. The molecule has 1 heterocycles. The molecule has 0 aliphatic rings. The molecule has 2 unspecified atom stereocenters. The number of H-pyrrole nitrogens is 1. The first kappa shape index (κ1) is 15.0. The Bertz CT molecular complexity index is 405. The van der Waals surface area contributed by atoms with E-state index in [-0.39, 0.29) is 24.4 Å². The van der Waals surface area contributed by atoms with Crippen LogP contribution in [0.25, 0.3) is 0 Å². The molecule has 7 heteroatoms. The van der Waals surface area contributed by atoms with E-state index in [2.05, 4.69) is 20.6 Å². The molecule has 1 rings (SSSR count). The zero-order valence-corrected chi connectivity index (χ0v) is 11.1. The number of carbonyl (C=O) groups is 2. The number of nitrogens with one attached hydrogen (secondary N) is 3. The molecule has 0 fully saturated rings. The molecule has 1 aromatic rings. The maximum atomic E-state index is 11.6. The third-order valence-corrected chi connectivity index (χ3v) is 2.87. The highest BCUT2D eigenvalue weighted by atomic mass is 16.4. The van der Waals surface area contributed by atoms with Crippen LogP contribution in [-0.2, 0) is 4.79 Å². The molecule has 0 spiro atoms. The van der Waals surface area contributed by atoms with Crippen LogP contribution < -0.4 is 10.6 Å². The zero-order valence-electron chi connectivity index (χ0n) is 11.1. The van der Waals surface area contributed by atoms with Crippen LogP contribution in [0.3, 0.4) is 0 Å². The average molecular weight is 268 g/mol. The fraction of sp³-hybridized carbons (Fsp3) is 0.583. The fourth-order valence-electron chi connectivity index (χ4n) is 1.68. The van der Waals surface area contributed by atoms with Crippen LogP contribution in [0.5, 0.6) is 0 Å². The number of amides is 2. The number of hydrogen-bond acceptors (Lipinski definition) is 3. The van der Waals surface area contributed by atoms with Crippen molar-refractivity contribution in [2.24, 2.45) is 5.92 Å². The summed E-state index contributed by atoms with van der Waals surface area (Å²) in [6, 6.07) is -0.553. The first-order chi connectivity index (χ1) is 9.02. The van der Waals surface area contributed by atoms with Crippen molar-refractivity contribution < 1.29 is 14.7 Å². The van der Waals surface area contributed by atoms with E-state index < -0.39 is 5.97 Å². The van der Waals surface area contributed by atoms with Gasteiger partial charge in [-0.05, 0) is 12.8 Å². The number of urea groups is 1. The van der Waals surface area contributed by atoms with Gasteiger partial charge in [0.2, 0.25) is 0 Å². The Balaban J connectivity index is 2.32. The number of nitrogens with zero attached hydrogens (tertiary/aromatic N) is 1. The van der Waals surface area contributed by atoms with Crippen LogP contribution in [0.2, 0.25) is 0 Å². The van der Waals surface area contributed by atoms with Crippen LogP contribution in [0.1, 0.15) is 38.6 Å². The van der Waals surface area contributed by atoms with Gasteiger partial charge in [-0.1, -0.05) is 13.3 Å². The van der Waals surface area contributed by atoms with Crippen LogP contribution in [0.15, 0.2) is 12.4 Å². The molecule has 7 nitrogen and oxygen atoms in total. The normalized spacial score (nSPS) is 13.6. The molecule has 4 N–H and O–H groups in total. The van der Waals surface area contributed by atoms with Gasteiger partial charge < -0.3 is 20.7 Å². The molecule has 0 saturated carbocycles. The largest absolute Gasteiger partial charge is 0.481 e. The monoisotopic (exact) mass is 268 g/mol. The second-order valence-corrected chi connectivity index (χ2v) is 4.42. The van der Waals surface area contributed by atoms with E-state index in [9.17, 15) is 9.59 Å². The van der Waals surface area contributed by atoms with Crippen molar-refractivity contribution in [2.45, 2.75) is 32.7 Å². The number of aromatic amines is 1. The standard InChI is InChI=1S/C12H20N4O3/c1-3-9(6-10(17)18)7-15-12(19)16-8(2)11-13-4-5-14-11/h4-5,8-9H,3,6-7H2,1-2H3,(H,13,14)(H,17,18)(H2,15,16,19). The zero-order chi connectivity index (χ0) is 14.3. The average Bonchev–Trinajstić information content (AvgIpc) is 2.87. The quantitative estimate of drug-likeness (QED) is 0.597. The van der Waals surface area contributed by atoms with E-state index in [0.717, 1.165) is 0 Å². The lowest BCUT2D eigenvalue weighted by Crippen LogP contribution is -2.40. The summed E-state index contributed by atoms with van der Waals surface area (Å²) in [6.07, 6.45) is 4.07. The van der Waals surface area contributed by atoms with Crippen molar-refractivity contribution >= 4 is 12.0 Å². The van der Waals surface area contributed by atoms with Crippen molar-refractivity contribution in [1.29, 1.82) is 0 Å². The highest BCUT2D eigenvalue weighted by Gasteiger charge is 2.14. The summed E-state index contributed by atoms with van der Waals surface area (Å²) in [5.41, 5.74) is 0. The predicted octanol–water partition coefficient (Wildman–Crippen LogP) is 1.27. The minimum Gasteiger partial charge on any atom is -0.481 e. The van der Waals surface area contributed by atoms with Crippen molar-refractivity contribution in [3.63, 3.8) is 0 Å². The first-order valence-corrected chi connectivity index (χ1v) is 6.28. The molecule has 2 amide bonds. The molecular weight excluding hydrogens is 248 g/mol. The van der Waals surface area contributed by atoms with E-state index >= 15 is 0 Å². The van der Waals surface area contributed by atoms with E-state index in [1.54, 1.807) is 12.4 Å². The third kappa shape index (κ3) is 5.41. The minimum atomic E-state index is -0.849. The third-order valence-electron chi connectivity index (χ3n) is 2.87. The van der Waals surface area contributed by atoms with Crippen molar-refractivity contribution in [1.82, 2.24) is 20.6 Å². The lowest BCUT2D eigenvalue weighted by Gasteiger charge is -2.16. The summed E-state index contributed by atoms with van der Waals surface area (Å²) in [6.45, 7) is 4.06. The highest BCUT2D eigenvalue weighted by Crippen LogP contribution is 2.07. The van der Waals surface area contributed by atoms with Crippen LogP contribution >= 0.6 is 0 Å². The molecule has 0 bridgehead atoms. The molecule has 0 radical (unpaired) electrons. The molecule has 0 aliphatic heterocycles. The van der Waals surface area contributed by atoms with Crippen LogP contribution in [-0.4, -0.2) is 33.6 Å². The number of aromatic nitrogens is 2. The Morgan fingerprint density at radius 1 is 1.53 bits per heavy atom. The summed E-state index contributed by atoms with van der Waals surface area (Å²) in [5.74, 6) is -0.229. The van der Waals surface area contributed by atoms with Gasteiger partial charge in [0.15, 0.2) is 0 Å². The molecule has 0 aliphatic carbocycles. The fourth-order valence-corrected chi connectivity index (χ4v) is 1.68. The Hall–Kier alpha value is -2.05. The van der Waals surface area contributed by atoms with Crippen molar-refractivity contribution in [2.75, 3.05) is 6.54 Å². The number of hydrogen-bond donors (Lipinski definition) is 4. The topological polar surface area (TPSA) is 107 Å². The maximum absolute atomic E-state index is 11.6. The van der Waals surface area contributed by atoms with Gasteiger partial charge >= 0.3 is 12.0 Å². The lowest BCUT2D eigenvalue weighted by atomic mass is 10.0. The van der Waals surface area contributed by atoms with Gasteiger partial charge in [0.1, 0.15) is 5.82 Å². The summed E-state index contributed by atoms with van der Waals surface area (Å²) < 4.78 is 0. The minimum absolute atomic E-state index is 0.0535. The molecule has 2 atom stereocenters. The first-order valence-electron chi connectivity index (χ1n) is 6.28. The molecule has 19 heavy (non-hydrogen) atoms. The van der Waals surface area contributed by atoms with E-state index in [1.165, 1.54) is 0 Å². The smallest absolute Gasteiger partial charge is 0.315 e. The Morgan fingerprint density at radius 2 is 2.26 bits per heavy atom. The second-order valence-electron chi connectivity index (χ2n) is 4.42. The number of imidazole rings is 1. The van der Waals surface area contributed by atoms with Gasteiger partial charge in [-0.25, -0.2) is 9.78 Å². The predicted molar refractivity (Wildman–Crippen MR) is 69.6 cm³/mol. The lowest BCUT2D eigenvalue weighted by molar-refractivity contribution is -0.138. The molecule has 0 saturated heterocycles. The number of rotatable bonds is 7. The molecular formula is C12H20N4O3. The Kier molecular flexibility index (Phi) is 5.84. The van der Waals surface area contributed by atoms with Crippen molar-refractivity contribution in [3.8, 4) is 0 Å². The van der Waals surface area contributed by atoms with Gasteiger partial charge in [-0.2, -0.15) is 0 Å².